The lowest BCUT2D eigenvalue weighted by Gasteiger charge is -2.20. The van der Waals surface area contributed by atoms with Crippen molar-refractivity contribution in [1.29, 1.82) is 0 Å². The maximum atomic E-state index is 12.4. The summed E-state index contributed by atoms with van der Waals surface area (Å²) in [7, 11) is 1.84. The summed E-state index contributed by atoms with van der Waals surface area (Å²) in [5.74, 6) is 0.0522. The molecule has 22 heavy (non-hydrogen) atoms. The van der Waals surface area contributed by atoms with Crippen LogP contribution in [0.3, 0.4) is 0 Å². The molecule has 0 spiro atoms. The molecule has 0 aliphatic heterocycles. The molecule has 3 heteroatoms. The fourth-order valence-electron chi connectivity index (χ4n) is 2.26. The highest BCUT2D eigenvalue weighted by atomic mass is 16.2. The van der Waals surface area contributed by atoms with Crippen LogP contribution in [0.15, 0.2) is 48.7 Å². The molecule has 3 nitrogen and oxygen atoms in total. The molecule has 1 heterocycles. The first-order valence-electron chi connectivity index (χ1n) is 7.64. The van der Waals surface area contributed by atoms with E-state index in [0.717, 1.165) is 17.7 Å². The van der Waals surface area contributed by atoms with Gasteiger partial charge < -0.3 is 4.90 Å². The third-order valence-corrected chi connectivity index (χ3v) is 3.77. The Hall–Kier alpha value is -2.16. The first-order chi connectivity index (χ1) is 10.4. The average Bonchev–Trinajstić information content (AvgIpc) is 2.52. The molecule has 0 saturated heterocycles. The second kappa shape index (κ2) is 6.73. The molecule has 1 aromatic carbocycles. The Kier molecular flexibility index (Phi) is 4.96. The van der Waals surface area contributed by atoms with E-state index < -0.39 is 0 Å². The van der Waals surface area contributed by atoms with Crippen LogP contribution < -0.4 is 0 Å². The maximum Gasteiger partial charge on any atom is 0.253 e. The molecule has 1 amide bonds. The van der Waals surface area contributed by atoms with Crippen molar-refractivity contribution in [3.8, 4) is 0 Å². The molecule has 0 atom stereocenters. The van der Waals surface area contributed by atoms with Crippen molar-refractivity contribution in [2.75, 3.05) is 13.6 Å². The Morgan fingerprint density at radius 3 is 2.32 bits per heavy atom. The summed E-state index contributed by atoms with van der Waals surface area (Å²) in [4.78, 5) is 18.5. The number of likely N-dealkylation sites (N-methyl/N-ethyl adjacent to an activating group) is 1. The van der Waals surface area contributed by atoms with Crippen LogP contribution in [0, 0.1) is 0 Å². The summed E-state index contributed by atoms with van der Waals surface area (Å²) in [6.45, 7) is 7.17. The SMILES string of the molecule is CN(CCc1ccccn1)C(=O)c1ccc(C(C)(C)C)cc1. The quantitative estimate of drug-likeness (QED) is 0.862. The van der Waals surface area contributed by atoms with Crippen LogP contribution in [0.5, 0.6) is 0 Å². The lowest BCUT2D eigenvalue weighted by molar-refractivity contribution is 0.0796. The zero-order chi connectivity index (χ0) is 16.2. The molecule has 0 bridgehead atoms. The van der Waals surface area contributed by atoms with Gasteiger partial charge in [-0.15, -0.1) is 0 Å². The minimum Gasteiger partial charge on any atom is -0.341 e. The summed E-state index contributed by atoms with van der Waals surface area (Å²) >= 11 is 0. The van der Waals surface area contributed by atoms with Crippen molar-refractivity contribution < 1.29 is 4.79 Å². The number of rotatable bonds is 4. The standard InChI is InChI=1S/C19H24N2O/c1-19(2,3)16-10-8-15(9-11-16)18(22)21(4)14-12-17-7-5-6-13-20-17/h5-11,13H,12,14H2,1-4H3. The van der Waals surface area contributed by atoms with Crippen LogP contribution in [0.1, 0.15) is 42.4 Å². The lowest BCUT2D eigenvalue weighted by atomic mass is 9.86. The molecular weight excluding hydrogens is 272 g/mol. The van der Waals surface area contributed by atoms with Crippen LogP contribution in [-0.2, 0) is 11.8 Å². The number of carbonyl (C=O) groups is 1. The highest BCUT2D eigenvalue weighted by molar-refractivity contribution is 5.94. The average molecular weight is 296 g/mol. The fourth-order valence-corrected chi connectivity index (χ4v) is 2.26. The maximum absolute atomic E-state index is 12.4. The van der Waals surface area contributed by atoms with Crippen molar-refractivity contribution >= 4 is 5.91 Å². The number of pyridine rings is 1. The van der Waals surface area contributed by atoms with E-state index in [0.29, 0.717) is 6.54 Å². The van der Waals surface area contributed by atoms with Gasteiger partial charge in [0.1, 0.15) is 0 Å². The molecule has 1 aromatic heterocycles. The molecular formula is C19H24N2O. The van der Waals surface area contributed by atoms with Crippen LogP contribution >= 0.6 is 0 Å². The Labute approximate surface area is 133 Å². The van der Waals surface area contributed by atoms with Crippen molar-refractivity contribution in [2.24, 2.45) is 0 Å². The number of hydrogen-bond donors (Lipinski definition) is 0. The second-order valence-electron chi connectivity index (χ2n) is 6.63. The molecule has 0 fully saturated rings. The largest absolute Gasteiger partial charge is 0.341 e. The van der Waals surface area contributed by atoms with Gasteiger partial charge in [0.05, 0.1) is 0 Å². The predicted octanol–water partition coefficient (Wildman–Crippen LogP) is 3.69. The number of aromatic nitrogens is 1. The Balaban J connectivity index is 1.98. The van der Waals surface area contributed by atoms with E-state index in [-0.39, 0.29) is 11.3 Å². The van der Waals surface area contributed by atoms with E-state index in [1.54, 1.807) is 11.1 Å². The molecule has 0 aliphatic rings. The number of nitrogens with zero attached hydrogens (tertiary/aromatic N) is 2. The van der Waals surface area contributed by atoms with Gasteiger partial charge in [0, 0.05) is 37.5 Å². The van der Waals surface area contributed by atoms with Gasteiger partial charge in [-0.25, -0.2) is 0 Å². The topological polar surface area (TPSA) is 33.2 Å². The third kappa shape index (κ3) is 4.17. The first-order valence-corrected chi connectivity index (χ1v) is 7.64. The Morgan fingerprint density at radius 2 is 1.77 bits per heavy atom. The van der Waals surface area contributed by atoms with E-state index in [4.69, 9.17) is 0 Å². The summed E-state index contributed by atoms with van der Waals surface area (Å²) < 4.78 is 0. The highest BCUT2D eigenvalue weighted by Crippen LogP contribution is 2.22. The number of carbonyl (C=O) groups excluding carboxylic acids is 1. The van der Waals surface area contributed by atoms with Crippen molar-refractivity contribution in [1.82, 2.24) is 9.88 Å². The zero-order valence-electron chi connectivity index (χ0n) is 13.8. The molecule has 0 radical (unpaired) electrons. The Bertz CT molecular complexity index is 612. The normalized spacial score (nSPS) is 11.3. The molecule has 0 saturated carbocycles. The van der Waals surface area contributed by atoms with Gasteiger partial charge in [-0.3, -0.25) is 9.78 Å². The zero-order valence-corrected chi connectivity index (χ0v) is 13.8. The van der Waals surface area contributed by atoms with Crippen LogP contribution in [0.4, 0.5) is 0 Å². The third-order valence-electron chi connectivity index (χ3n) is 3.77. The molecule has 0 unspecified atom stereocenters. The van der Waals surface area contributed by atoms with Gasteiger partial charge in [-0.05, 0) is 35.2 Å². The van der Waals surface area contributed by atoms with Gasteiger partial charge in [0.15, 0.2) is 0 Å². The summed E-state index contributed by atoms with van der Waals surface area (Å²) in [6.07, 6.45) is 2.55. The summed E-state index contributed by atoms with van der Waals surface area (Å²) in [5.41, 5.74) is 3.08. The smallest absolute Gasteiger partial charge is 0.253 e. The van der Waals surface area contributed by atoms with Crippen molar-refractivity contribution in [2.45, 2.75) is 32.6 Å². The van der Waals surface area contributed by atoms with Gasteiger partial charge in [-0.2, -0.15) is 0 Å². The van der Waals surface area contributed by atoms with E-state index in [9.17, 15) is 4.79 Å². The van der Waals surface area contributed by atoms with E-state index in [1.807, 2.05) is 49.5 Å². The summed E-state index contributed by atoms with van der Waals surface area (Å²) in [6, 6.07) is 13.8. The van der Waals surface area contributed by atoms with Crippen molar-refractivity contribution in [3.05, 3.63) is 65.5 Å². The number of benzene rings is 1. The first kappa shape index (κ1) is 16.2. The van der Waals surface area contributed by atoms with E-state index >= 15 is 0 Å². The van der Waals surface area contributed by atoms with Crippen LogP contribution in [-0.4, -0.2) is 29.4 Å². The van der Waals surface area contributed by atoms with E-state index in [1.165, 1.54) is 5.56 Å². The number of amides is 1. The number of hydrogen-bond acceptors (Lipinski definition) is 2. The predicted molar refractivity (Wildman–Crippen MR) is 90.0 cm³/mol. The lowest BCUT2D eigenvalue weighted by Crippen LogP contribution is -2.29. The highest BCUT2D eigenvalue weighted by Gasteiger charge is 2.16. The van der Waals surface area contributed by atoms with Gasteiger partial charge >= 0.3 is 0 Å². The minimum atomic E-state index is 0.0522. The molecule has 0 N–H and O–H groups in total. The molecule has 2 aromatic rings. The minimum absolute atomic E-state index is 0.0522. The Morgan fingerprint density at radius 1 is 1.09 bits per heavy atom. The molecule has 116 valence electrons. The monoisotopic (exact) mass is 296 g/mol. The fraction of sp³-hybridized carbons (Fsp3) is 0.368. The van der Waals surface area contributed by atoms with E-state index in [2.05, 4.69) is 25.8 Å². The van der Waals surface area contributed by atoms with Crippen LogP contribution in [0.2, 0.25) is 0 Å². The van der Waals surface area contributed by atoms with Crippen molar-refractivity contribution in [3.63, 3.8) is 0 Å². The molecule has 2 rings (SSSR count). The summed E-state index contributed by atoms with van der Waals surface area (Å²) in [5, 5.41) is 0. The van der Waals surface area contributed by atoms with Gasteiger partial charge in [0.25, 0.3) is 5.91 Å². The molecule has 0 aliphatic carbocycles. The second-order valence-corrected chi connectivity index (χ2v) is 6.63. The van der Waals surface area contributed by atoms with Crippen LogP contribution in [0.25, 0.3) is 0 Å². The van der Waals surface area contributed by atoms with Gasteiger partial charge in [0.2, 0.25) is 0 Å². The van der Waals surface area contributed by atoms with Gasteiger partial charge in [-0.1, -0.05) is 39.0 Å².